The Morgan fingerprint density at radius 2 is 1.69 bits per heavy atom. The van der Waals surface area contributed by atoms with Crippen LogP contribution in [0, 0.1) is 0 Å². The van der Waals surface area contributed by atoms with Crippen molar-refractivity contribution in [1.82, 2.24) is 10.6 Å². The fourth-order valence-corrected chi connectivity index (χ4v) is 3.32. The van der Waals surface area contributed by atoms with Gasteiger partial charge >= 0.3 is 11.9 Å². The summed E-state index contributed by atoms with van der Waals surface area (Å²) in [5, 5.41) is 22.6. The maximum absolute atomic E-state index is 12.4. The van der Waals surface area contributed by atoms with Gasteiger partial charge in [0.1, 0.15) is 12.1 Å². The third-order valence-corrected chi connectivity index (χ3v) is 5.00. The molecule has 1 aromatic carbocycles. The Morgan fingerprint density at radius 1 is 1.00 bits per heavy atom. The number of nitrogens with one attached hydrogen (secondary N) is 2. The number of hydrogen-bond acceptors (Lipinski definition) is 6. The van der Waals surface area contributed by atoms with E-state index in [1.165, 1.54) is 0 Å². The van der Waals surface area contributed by atoms with Gasteiger partial charge in [0.25, 0.3) is 0 Å². The number of nitrogens with two attached hydrogens (primary N) is 1. The van der Waals surface area contributed by atoms with Gasteiger partial charge in [-0.1, -0.05) is 18.2 Å². The van der Waals surface area contributed by atoms with Crippen LogP contribution >= 0.6 is 11.8 Å². The van der Waals surface area contributed by atoms with Crippen LogP contribution < -0.4 is 16.4 Å². The Morgan fingerprint density at radius 3 is 2.28 bits per heavy atom. The molecule has 0 unspecified atom stereocenters. The van der Waals surface area contributed by atoms with E-state index in [4.69, 9.17) is 15.9 Å². The highest BCUT2D eigenvalue weighted by molar-refractivity contribution is 7.99. The van der Waals surface area contributed by atoms with E-state index in [1.54, 1.807) is 11.8 Å². The highest BCUT2D eigenvalue weighted by atomic mass is 32.2. The zero-order chi connectivity index (χ0) is 21.6. The minimum absolute atomic E-state index is 0.212. The second-order valence-electron chi connectivity index (χ2n) is 6.31. The van der Waals surface area contributed by atoms with E-state index in [0.29, 0.717) is 19.4 Å². The third-order valence-electron chi connectivity index (χ3n) is 3.90. The first-order valence-electron chi connectivity index (χ1n) is 9.25. The molecule has 0 radical (unpaired) electrons. The largest absolute Gasteiger partial charge is 0.481 e. The summed E-state index contributed by atoms with van der Waals surface area (Å²) >= 11 is 1.62. The van der Waals surface area contributed by atoms with Gasteiger partial charge in [-0.3, -0.25) is 14.4 Å². The van der Waals surface area contributed by atoms with Gasteiger partial charge in [-0.2, -0.15) is 0 Å². The Kier molecular flexibility index (Phi) is 11.4. The molecule has 29 heavy (non-hydrogen) atoms. The van der Waals surface area contributed by atoms with Crippen LogP contribution in [0.4, 0.5) is 0 Å². The van der Waals surface area contributed by atoms with Crippen molar-refractivity contribution >= 4 is 35.5 Å². The number of hydrogen-bond donors (Lipinski definition) is 5. The van der Waals surface area contributed by atoms with Crippen molar-refractivity contribution in [3.8, 4) is 0 Å². The van der Waals surface area contributed by atoms with Crippen molar-refractivity contribution < 1.29 is 29.4 Å². The number of carbonyl (C=O) groups is 4. The molecule has 1 rings (SSSR count). The summed E-state index contributed by atoms with van der Waals surface area (Å²) in [6.07, 6.45) is 0.734. The summed E-state index contributed by atoms with van der Waals surface area (Å²) in [5.41, 5.74) is 5.46. The zero-order valence-electron chi connectivity index (χ0n) is 16.0. The van der Waals surface area contributed by atoms with Gasteiger partial charge in [-0.25, -0.2) is 4.79 Å². The minimum atomic E-state index is -1.57. The van der Waals surface area contributed by atoms with Gasteiger partial charge in [0.05, 0.1) is 6.42 Å². The molecule has 0 aliphatic rings. The van der Waals surface area contributed by atoms with E-state index < -0.39 is 36.4 Å². The summed E-state index contributed by atoms with van der Waals surface area (Å²) in [6.45, 7) is 0.296. The van der Waals surface area contributed by atoms with E-state index in [0.717, 1.165) is 10.6 Å². The Labute approximate surface area is 173 Å². The molecule has 0 heterocycles. The number of benzene rings is 1. The van der Waals surface area contributed by atoms with Gasteiger partial charge in [0.15, 0.2) is 0 Å². The molecule has 6 N–H and O–H groups in total. The molecule has 0 fully saturated rings. The number of aliphatic carboxylic acids is 2. The normalized spacial score (nSPS) is 12.6. The standard InChI is InChI=1S/C19H27N3O6S/c20-10-4-8-14(18(26)22-15(19(27)28)12-17(24)25)21-16(23)9-5-11-29-13-6-2-1-3-7-13/h1-3,6-7,14-15H,4-5,8-12,20H2,(H,21,23)(H,22,26)(H,24,25)(H,27,28)/t14-,15-/m0/s1. The number of carboxylic acid groups (broad SMARTS) is 2. The number of carboxylic acids is 2. The van der Waals surface area contributed by atoms with Gasteiger partial charge in [0, 0.05) is 11.3 Å². The average molecular weight is 426 g/mol. The topological polar surface area (TPSA) is 159 Å². The number of amides is 2. The van der Waals surface area contributed by atoms with Crippen LogP contribution in [0.1, 0.15) is 32.1 Å². The van der Waals surface area contributed by atoms with E-state index >= 15 is 0 Å². The van der Waals surface area contributed by atoms with E-state index in [9.17, 15) is 19.2 Å². The first kappa shape index (κ1) is 24.4. The Bertz CT molecular complexity index is 686. The van der Waals surface area contributed by atoms with Crippen LogP contribution in [-0.4, -0.2) is 58.3 Å². The highest BCUT2D eigenvalue weighted by Gasteiger charge is 2.27. The predicted octanol–water partition coefficient (Wildman–Crippen LogP) is 0.827. The van der Waals surface area contributed by atoms with Crippen LogP contribution in [0.3, 0.4) is 0 Å². The van der Waals surface area contributed by atoms with Crippen LogP contribution in [0.5, 0.6) is 0 Å². The molecule has 0 aromatic heterocycles. The molecule has 0 aliphatic carbocycles. The molecule has 160 valence electrons. The van der Waals surface area contributed by atoms with Gasteiger partial charge < -0.3 is 26.6 Å². The maximum atomic E-state index is 12.4. The average Bonchev–Trinajstić information content (AvgIpc) is 2.68. The molecule has 2 amide bonds. The summed E-state index contributed by atoms with van der Waals surface area (Å²) in [5.74, 6) is -3.14. The molecule has 0 saturated heterocycles. The van der Waals surface area contributed by atoms with Crippen molar-refractivity contribution in [3.63, 3.8) is 0 Å². The summed E-state index contributed by atoms with van der Waals surface area (Å²) in [7, 11) is 0. The van der Waals surface area contributed by atoms with E-state index in [1.807, 2.05) is 30.3 Å². The Balaban J connectivity index is 2.52. The molecular formula is C19H27N3O6S. The van der Waals surface area contributed by atoms with Crippen molar-refractivity contribution in [2.45, 2.75) is 49.1 Å². The second-order valence-corrected chi connectivity index (χ2v) is 7.48. The molecule has 9 nitrogen and oxygen atoms in total. The zero-order valence-corrected chi connectivity index (χ0v) is 16.8. The van der Waals surface area contributed by atoms with Crippen LogP contribution in [-0.2, 0) is 19.2 Å². The van der Waals surface area contributed by atoms with Crippen molar-refractivity contribution in [2.24, 2.45) is 5.73 Å². The highest BCUT2D eigenvalue weighted by Crippen LogP contribution is 2.18. The quantitative estimate of drug-likeness (QED) is 0.216. The minimum Gasteiger partial charge on any atom is -0.481 e. The van der Waals surface area contributed by atoms with Gasteiger partial charge in [-0.05, 0) is 43.7 Å². The van der Waals surface area contributed by atoms with E-state index in [-0.39, 0.29) is 18.7 Å². The monoisotopic (exact) mass is 425 g/mol. The lowest BCUT2D eigenvalue weighted by molar-refractivity contribution is -0.147. The fraction of sp³-hybridized carbons (Fsp3) is 0.474. The number of carbonyl (C=O) groups excluding carboxylic acids is 2. The van der Waals surface area contributed by atoms with Gasteiger partial charge in [-0.15, -0.1) is 11.8 Å². The lowest BCUT2D eigenvalue weighted by atomic mass is 10.1. The van der Waals surface area contributed by atoms with E-state index in [2.05, 4.69) is 10.6 Å². The van der Waals surface area contributed by atoms with Gasteiger partial charge in [0.2, 0.25) is 11.8 Å². The van der Waals surface area contributed by atoms with Crippen molar-refractivity contribution in [3.05, 3.63) is 30.3 Å². The lowest BCUT2D eigenvalue weighted by Gasteiger charge is -2.20. The number of thioether (sulfide) groups is 1. The molecule has 0 bridgehead atoms. The molecular weight excluding hydrogens is 398 g/mol. The summed E-state index contributed by atoms with van der Waals surface area (Å²) < 4.78 is 0. The van der Waals surface area contributed by atoms with Crippen LogP contribution in [0.25, 0.3) is 0 Å². The summed E-state index contributed by atoms with van der Waals surface area (Å²) in [6, 6.07) is 7.22. The van der Waals surface area contributed by atoms with Crippen LogP contribution in [0.2, 0.25) is 0 Å². The Hall–Kier alpha value is -2.59. The molecule has 0 aliphatic heterocycles. The predicted molar refractivity (Wildman–Crippen MR) is 108 cm³/mol. The smallest absolute Gasteiger partial charge is 0.326 e. The maximum Gasteiger partial charge on any atom is 0.326 e. The first-order valence-corrected chi connectivity index (χ1v) is 10.2. The SMILES string of the molecule is NCCC[C@H](NC(=O)CCCSc1ccccc1)C(=O)N[C@@H](CC(=O)O)C(=O)O. The van der Waals surface area contributed by atoms with Crippen LogP contribution in [0.15, 0.2) is 35.2 Å². The summed E-state index contributed by atoms with van der Waals surface area (Å²) in [4.78, 5) is 47.6. The number of rotatable bonds is 14. The second kappa shape index (κ2) is 13.6. The first-order chi connectivity index (χ1) is 13.8. The third kappa shape index (κ3) is 10.5. The molecule has 1 aromatic rings. The fourth-order valence-electron chi connectivity index (χ4n) is 2.44. The molecule has 0 saturated carbocycles. The van der Waals surface area contributed by atoms with Crippen molar-refractivity contribution in [1.29, 1.82) is 0 Å². The molecule has 10 heteroatoms. The van der Waals surface area contributed by atoms with Crippen molar-refractivity contribution in [2.75, 3.05) is 12.3 Å². The molecule has 0 spiro atoms. The lowest BCUT2D eigenvalue weighted by Crippen LogP contribution is -2.52. The molecule has 2 atom stereocenters.